The molecule has 2 N–H and O–H groups in total. The lowest BCUT2D eigenvalue weighted by Gasteiger charge is -2.10. The number of hydrogen-bond donors (Lipinski definition) is 2. The van der Waals surface area contributed by atoms with Crippen LogP contribution in [0, 0.1) is 0 Å². The second-order valence-electron chi connectivity index (χ2n) is 7.20. The van der Waals surface area contributed by atoms with E-state index in [-0.39, 0.29) is 5.91 Å². The molecule has 0 bridgehead atoms. The molecule has 2 aliphatic rings. The van der Waals surface area contributed by atoms with Gasteiger partial charge in [0.1, 0.15) is 0 Å². The molecule has 0 saturated heterocycles. The van der Waals surface area contributed by atoms with E-state index in [1.54, 1.807) is 0 Å². The van der Waals surface area contributed by atoms with Crippen molar-refractivity contribution < 1.29 is 4.79 Å². The van der Waals surface area contributed by atoms with Crippen molar-refractivity contribution in [3.8, 4) is 11.1 Å². The van der Waals surface area contributed by atoms with E-state index in [2.05, 4.69) is 69.3 Å². The minimum atomic E-state index is 0.0410. The molecule has 130 valence electrons. The number of carbonyl (C=O) groups is 1. The molecule has 0 radical (unpaired) electrons. The van der Waals surface area contributed by atoms with Crippen molar-refractivity contribution >= 4 is 56.4 Å². The van der Waals surface area contributed by atoms with Crippen LogP contribution >= 0.6 is 22.6 Å². The zero-order valence-electron chi connectivity index (χ0n) is 14.4. The fourth-order valence-corrected chi connectivity index (χ4v) is 5.16. The Labute approximate surface area is 169 Å². The van der Waals surface area contributed by atoms with Crippen molar-refractivity contribution in [2.45, 2.75) is 13.0 Å². The van der Waals surface area contributed by atoms with Crippen LogP contribution in [0.1, 0.15) is 32.6 Å². The second-order valence-corrected chi connectivity index (χ2v) is 7.92. The van der Waals surface area contributed by atoms with Crippen LogP contribution in [0.4, 0.5) is 0 Å². The molecule has 1 amide bonds. The van der Waals surface area contributed by atoms with Gasteiger partial charge in [-0.25, -0.2) is 0 Å². The number of benzene rings is 3. The van der Waals surface area contributed by atoms with Gasteiger partial charge in [-0.05, 0) is 55.7 Å². The quantitative estimate of drug-likeness (QED) is 0.316. The number of rotatable bonds is 1. The van der Waals surface area contributed by atoms with Gasteiger partial charge in [0.2, 0.25) is 0 Å². The van der Waals surface area contributed by atoms with E-state index in [1.165, 1.54) is 27.8 Å². The Balaban J connectivity index is 1.78. The Morgan fingerprint density at radius 2 is 1.93 bits per heavy atom. The Kier molecular flexibility index (Phi) is 3.12. The maximum absolute atomic E-state index is 12.8. The van der Waals surface area contributed by atoms with Gasteiger partial charge in [-0.1, -0.05) is 52.9 Å². The van der Waals surface area contributed by atoms with Crippen molar-refractivity contribution in [2.75, 3.05) is 0 Å². The van der Waals surface area contributed by atoms with Crippen molar-refractivity contribution in [1.82, 2.24) is 10.3 Å². The smallest absolute Gasteiger partial charge is 0.252 e. The molecule has 3 aromatic carbocycles. The van der Waals surface area contributed by atoms with Gasteiger partial charge in [0, 0.05) is 29.3 Å². The first-order chi connectivity index (χ1) is 13.3. The molecule has 1 aromatic heterocycles. The van der Waals surface area contributed by atoms with E-state index in [4.69, 9.17) is 0 Å². The molecule has 0 atom stereocenters. The standard InChI is InChI=1S/C23H15IN2O/c24-8-7-12-5-6-13-10-16-19(15(13)9-12)17-11-25-23(27)21(17)20-14-3-1-2-4-18(14)26-22(16)20/h1-9,26H,10-11H2,(H,25,27). The Morgan fingerprint density at radius 3 is 2.81 bits per heavy atom. The summed E-state index contributed by atoms with van der Waals surface area (Å²) in [5, 5.41) is 5.27. The zero-order valence-corrected chi connectivity index (χ0v) is 16.6. The number of aromatic nitrogens is 1. The van der Waals surface area contributed by atoms with Gasteiger partial charge in [0.15, 0.2) is 0 Å². The van der Waals surface area contributed by atoms with Crippen molar-refractivity contribution in [1.29, 1.82) is 0 Å². The van der Waals surface area contributed by atoms with Crippen molar-refractivity contribution in [2.24, 2.45) is 0 Å². The lowest BCUT2D eigenvalue weighted by molar-refractivity contribution is 0.0967. The molecule has 1 aliphatic heterocycles. The third-order valence-corrected chi connectivity index (χ3v) is 6.20. The highest BCUT2D eigenvalue weighted by Crippen LogP contribution is 2.47. The first kappa shape index (κ1) is 15.5. The van der Waals surface area contributed by atoms with Gasteiger partial charge in [0.05, 0.1) is 11.1 Å². The molecule has 0 fully saturated rings. The number of fused-ring (bicyclic) bond motifs is 10. The maximum atomic E-state index is 12.8. The van der Waals surface area contributed by atoms with Gasteiger partial charge in [-0.15, -0.1) is 0 Å². The van der Waals surface area contributed by atoms with Crippen LogP contribution in [0.5, 0.6) is 0 Å². The average Bonchev–Trinajstić information content (AvgIpc) is 3.34. The molecule has 1 aliphatic carbocycles. The maximum Gasteiger partial charge on any atom is 0.252 e. The molecule has 4 heteroatoms. The monoisotopic (exact) mass is 462 g/mol. The molecule has 27 heavy (non-hydrogen) atoms. The largest absolute Gasteiger partial charge is 0.354 e. The molecule has 0 spiro atoms. The lowest BCUT2D eigenvalue weighted by Crippen LogP contribution is -2.12. The van der Waals surface area contributed by atoms with Gasteiger partial charge >= 0.3 is 0 Å². The number of hydrogen-bond acceptors (Lipinski definition) is 1. The number of nitrogens with one attached hydrogen (secondary N) is 2. The molecule has 3 nitrogen and oxygen atoms in total. The minimum absolute atomic E-state index is 0.0410. The molecule has 2 heterocycles. The molecular weight excluding hydrogens is 447 g/mol. The van der Waals surface area contributed by atoms with Crippen LogP contribution in [0.25, 0.3) is 39.0 Å². The number of halogens is 1. The Morgan fingerprint density at radius 1 is 1.04 bits per heavy atom. The first-order valence-electron chi connectivity index (χ1n) is 9.02. The number of carbonyl (C=O) groups excluding carboxylic acids is 1. The van der Waals surface area contributed by atoms with E-state index < -0.39 is 0 Å². The molecule has 0 unspecified atom stereocenters. The predicted molar refractivity (Wildman–Crippen MR) is 118 cm³/mol. The van der Waals surface area contributed by atoms with E-state index in [0.717, 1.165) is 39.4 Å². The Hall–Kier alpha value is -2.60. The summed E-state index contributed by atoms with van der Waals surface area (Å²) in [6.45, 7) is 0.609. The van der Waals surface area contributed by atoms with Gasteiger partial charge < -0.3 is 10.3 Å². The van der Waals surface area contributed by atoms with Gasteiger partial charge in [-0.3, -0.25) is 4.79 Å². The van der Waals surface area contributed by atoms with E-state index in [9.17, 15) is 4.79 Å². The number of aromatic amines is 1. The van der Waals surface area contributed by atoms with Crippen LogP contribution in [-0.4, -0.2) is 10.9 Å². The first-order valence-corrected chi connectivity index (χ1v) is 10.3. The number of H-pyrrole nitrogens is 1. The normalized spacial score (nSPS) is 14.8. The lowest BCUT2D eigenvalue weighted by atomic mass is 9.92. The second kappa shape index (κ2) is 5.45. The summed E-state index contributed by atoms with van der Waals surface area (Å²) in [7, 11) is 0. The predicted octanol–water partition coefficient (Wildman–Crippen LogP) is 5.54. The minimum Gasteiger partial charge on any atom is -0.354 e. The summed E-state index contributed by atoms with van der Waals surface area (Å²) in [6, 6.07) is 14.9. The third-order valence-electron chi connectivity index (χ3n) is 5.84. The summed E-state index contributed by atoms with van der Waals surface area (Å²) >= 11 is 2.25. The van der Waals surface area contributed by atoms with Gasteiger partial charge in [-0.2, -0.15) is 0 Å². The van der Waals surface area contributed by atoms with E-state index in [1.807, 2.05) is 16.2 Å². The summed E-state index contributed by atoms with van der Waals surface area (Å²) in [4.78, 5) is 16.4. The van der Waals surface area contributed by atoms with Gasteiger partial charge in [0.25, 0.3) is 5.91 Å². The number of amides is 1. The molecular formula is C23H15IN2O. The van der Waals surface area contributed by atoms with Crippen LogP contribution in [0.3, 0.4) is 0 Å². The zero-order chi connectivity index (χ0) is 18.1. The molecule has 6 rings (SSSR count). The fourth-order valence-electron chi connectivity index (χ4n) is 4.75. The summed E-state index contributed by atoms with van der Waals surface area (Å²) < 4.78 is 2.03. The highest BCUT2D eigenvalue weighted by Gasteiger charge is 2.33. The SMILES string of the molecule is O=C1NCc2c3c(c4[nH]c5ccccc5c4c21)Cc1ccc(C=CI)cc1-3. The topological polar surface area (TPSA) is 44.9 Å². The van der Waals surface area contributed by atoms with Crippen molar-refractivity contribution in [3.05, 3.63) is 74.4 Å². The summed E-state index contributed by atoms with van der Waals surface area (Å²) in [5.74, 6) is 0.0410. The summed E-state index contributed by atoms with van der Waals surface area (Å²) in [5.41, 5.74) is 10.6. The fraction of sp³-hybridized carbons (Fsp3) is 0.0870. The highest BCUT2D eigenvalue weighted by molar-refractivity contribution is 14.1. The van der Waals surface area contributed by atoms with Crippen molar-refractivity contribution in [3.63, 3.8) is 0 Å². The summed E-state index contributed by atoms with van der Waals surface area (Å²) in [6.07, 6.45) is 3.02. The van der Waals surface area contributed by atoms with Crippen LogP contribution < -0.4 is 5.32 Å². The number of para-hydroxylation sites is 1. The third kappa shape index (κ3) is 1.99. The van der Waals surface area contributed by atoms with Crippen LogP contribution in [0.15, 0.2) is 46.5 Å². The van der Waals surface area contributed by atoms with Crippen LogP contribution in [0.2, 0.25) is 0 Å². The Bertz CT molecular complexity index is 1330. The molecule has 0 saturated carbocycles. The average molecular weight is 462 g/mol. The highest BCUT2D eigenvalue weighted by atomic mass is 127. The van der Waals surface area contributed by atoms with E-state index >= 15 is 0 Å². The van der Waals surface area contributed by atoms with Crippen LogP contribution in [-0.2, 0) is 13.0 Å². The molecule has 4 aromatic rings. The van der Waals surface area contributed by atoms with E-state index in [0.29, 0.717) is 6.54 Å².